The first-order chi connectivity index (χ1) is 13.6. The summed E-state index contributed by atoms with van der Waals surface area (Å²) in [5, 5.41) is 1.95. The summed E-state index contributed by atoms with van der Waals surface area (Å²) in [6.07, 6.45) is 0. The van der Waals surface area contributed by atoms with Gasteiger partial charge < -0.3 is 9.15 Å². The van der Waals surface area contributed by atoms with Crippen LogP contribution in [0.15, 0.2) is 82.2 Å². The number of aryl methyl sites for hydroxylation is 2. The van der Waals surface area contributed by atoms with E-state index in [1.54, 1.807) is 0 Å². The minimum absolute atomic E-state index is 0.653. The first-order valence-electron chi connectivity index (χ1n) is 9.52. The number of benzene rings is 3. The molecular formula is C25H23NO2. The Balaban J connectivity index is 1.95. The molecule has 140 valence electrons. The quantitative estimate of drug-likeness (QED) is 0.420. The van der Waals surface area contributed by atoms with Crippen LogP contribution < -0.4 is 10.1 Å². The van der Waals surface area contributed by atoms with Crippen LogP contribution in [-0.4, -0.2) is 6.61 Å². The minimum atomic E-state index is 0.653. The molecule has 3 nitrogen and oxygen atoms in total. The van der Waals surface area contributed by atoms with E-state index in [0.29, 0.717) is 6.61 Å². The lowest BCUT2D eigenvalue weighted by Gasteiger charge is -2.08. The van der Waals surface area contributed by atoms with Gasteiger partial charge in [0.05, 0.1) is 17.7 Å². The standard InChI is InChI=1S/C25H23NO2/c1-4-27-21-12-10-20(11-13-21)26-22-16-23(19-8-6-5-7-9-19)28-24-15-17(2)14-18(3)25(22)24/h5-16H,4H2,1-3H3. The van der Waals surface area contributed by atoms with Crippen molar-refractivity contribution < 1.29 is 9.15 Å². The Labute approximate surface area is 165 Å². The molecule has 3 heteroatoms. The number of nitrogens with zero attached hydrogens (tertiary/aromatic N) is 1. The lowest BCUT2D eigenvalue weighted by Crippen LogP contribution is -2.05. The molecule has 3 aromatic carbocycles. The number of fused-ring (bicyclic) bond motifs is 1. The van der Waals surface area contributed by atoms with Crippen LogP contribution in [-0.2, 0) is 0 Å². The van der Waals surface area contributed by atoms with Crippen LogP contribution in [0.5, 0.6) is 5.75 Å². The van der Waals surface area contributed by atoms with Gasteiger partial charge in [-0.3, -0.25) is 0 Å². The van der Waals surface area contributed by atoms with Crippen molar-refractivity contribution in [3.05, 3.63) is 89.3 Å². The van der Waals surface area contributed by atoms with Crippen LogP contribution in [0.1, 0.15) is 18.1 Å². The zero-order valence-electron chi connectivity index (χ0n) is 16.4. The molecule has 0 aliphatic heterocycles. The molecule has 28 heavy (non-hydrogen) atoms. The van der Waals surface area contributed by atoms with E-state index in [4.69, 9.17) is 14.1 Å². The third kappa shape index (κ3) is 3.70. The summed E-state index contributed by atoms with van der Waals surface area (Å²) in [6, 6.07) is 24.3. The second-order valence-corrected chi connectivity index (χ2v) is 6.86. The Morgan fingerprint density at radius 2 is 1.64 bits per heavy atom. The molecular weight excluding hydrogens is 346 g/mol. The Morgan fingerprint density at radius 1 is 0.893 bits per heavy atom. The molecule has 0 N–H and O–H groups in total. The maximum absolute atomic E-state index is 6.26. The predicted octanol–water partition coefficient (Wildman–Crippen LogP) is 6.35. The maximum Gasteiger partial charge on any atom is 0.137 e. The molecule has 0 aliphatic rings. The van der Waals surface area contributed by atoms with E-state index in [1.165, 1.54) is 5.56 Å². The molecule has 0 amide bonds. The molecule has 0 unspecified atom stereocenters. The highest BCUT2D eigenvalue weighted by atomic mass is 16.5. The van der Waals surface area contributed by atoms with Gasteiger partial charge in [-0.05, 0) is 62.2 Å². The van der Waals surface area contributed by atoms with Gasteiger partial charge in [0.2, 0.25) is 0 Å². The van der Waals surface area contributed by atoms with Gasteiger partial charge in [0, 0.05) is 17.0 Å². The molecule has 0 aliphatic carbocycles. The fourth-order valence-electron chi connectivity index (χ4n) is 3.44. The molecule has 1 heterocycles. The average Bonchev–Trinajstić information content (AvgIpc) is 2.69. The van der Waals surface area contributed by atoms with Crippen molar-refractivity contribution >= 4 is 16.7 Å². The molecule has 0 bridgehead atoms. The second kappa shape index (κ2) is 7.73. The normalized spacial score (nSPS) is 11.8. The van der Waals surface area contributed by atoms with Crippen molar-refractivity contribution in [3.63, 3.8) is 0 Å². The van der Waals surface area contributed by atoms with E-state index in [2.05, 4.69) is 26.0 Å². The Morgan fingerprint density at radius 3 is 2.36 bits per heavy atom. The largest absolute Gasteiger partial charge is 0.494 e. The van der Waals surface area contributed by atoms with Crippen molar-refractivity contribution in [1.29, 1.82) is 0 Å². The third-order valence-corrected chi connectivity index (χ3v) is 4.64. The van der Waals surface area contributed by atoms with Crippen molar-refractivity contribution in [2.45, 2.75) is 20.8 Å². The second-order valence-electron chi connectivity index (χ2n) is 6.86. The van der Waals surface area contributed by atoms with Gasteiger partial charge in [0.1, 0.15) is 17.1 Å². The Hall–Kier alpha value is -3.33. The highest BCUT2D eigenvalue weighted by Gasteiger charge is 2.09. The molecule has 0 atom stereocenters. The van der Waals surface area contributed by atoms with Crippen LogP contribution in [0, 0.1) is 13.8 Å². The Kier molecular flexibility index (Phi) is 4.98. The predicted molar refractivity (Wildman–Crippen MR) is 114 cm³/mol. The van der Waals surface area contributed by atoms with E-state index in [1.807, 2.05) is 67.6 Å². The molecule has 0 spiro atoms. The molecule has 1 aromatic heterocycles. The zero-order chi connectivity index (χ0) is 19.5. The van der Waals surface area contributed by atoms with Gasteiger partial charge >= 0.3 is 0 Å². The SMILES string of the molecule is CCOc1ccc(N=c2cc(-c3ccccc3)oc3cc(C)cc(C)c23)cc1. The average molecular weight is 369 g/mol. The summed E-state index contributed by atoms with van der Waals surface area (Å²) >= 11 is 0. The molecule has 0 radical (unpaired) electrons. The lowest BCUT2D eigenvalue weighted by molar-refractivity contribution is 0.340. The van der Waals surface area contributed by atoms with Gasteiger partial charge in [-0.1, -0.05) is 36.4 Å². The van der Waals surface area contributed by atoms with E-state index >= 15 is 0 Å². The third-order valence-electron chi connectivity index (χ3n) is 4.64. The van der Waals surface area contributed by atoms with Gasteiger partial charge in [0.25, 0.3) is 0 Å². The topological polar surface area (TPSA) is 34.7 Å². The van der Waals surface area contributed by atoms with E-state index in [0.717, 1.165) is 44.7 Å². The van der Waals surface area contributed by atoms with Crippen LogP contribution in [0.25, 0.3) is 22.3 Å². The van der Waals surface area contributed by atoms with Crippen LogP contribution in [0.2, 0.25) is 0 Å². The number of hydrogen-bond donors (Lipinski definition) is 0. The monoisotopic (exact) mass is 369 g/mol. The van der Waals surface area contributed by atoms with Gasteiger partial charge in [-0.15, -0.1) is 0 Å². The van der Waals surface area contributed by atoms with Gasteiger partial charge in [-0.2, -0.15) is 0 Å². The molecule has 0 fully saturated rings. The minimum Gasteiger partial charge on any atom is -0.494 e. The van der Waals surface area contributed by atoms with Gasteiger partial charge in [0.15, 0.2) is 0 Å². The van der Waals surface area contributed by atoms with E-state index < -0.39 is 0 Å². The first-order valence-corrected chi connectivity index (χ1v) is 9.52. The number of rotatable bonds is 4. The van der Waals surface area contributed by atoms with Crippen LogP contribution in [0.4, 0.5) is 5.69 Å². The summed E-state index contributed by atoms with van der Waals surface area (Å²) < 4.78 is 11.8. The van der Waals surface area contributed by atoms with Gasteiger partial charge in [-0.25, -0.2) is 4.99 Å². The zero-order valence-corrected chi connectivity index (χ0v) is 16.4. The molecule has 4 rings (SSSR count). The fourth-order valence-corrected chi connectivity index (χ4v) is 3.44. The molecule has 4 aromatic rings. The highest BCUT2D eigenvalue weighted by molar-refractivity contribution is 5.82. The number of hydrogen-bond acceptors (Lipinski definition) is 3. The Bertz CT molecular complexity index is 1170. The summed E-state index contributed by atoms with van der Waals surface area (Å²) in [5.41, 5.74) is 5.10. The summed E-state index contributed by atoms with van der Waals surface area (Å²) in [4.78, 5) is 4.93. The first kappa shape index (κ1) is 18.1. The highest BCUT2D eigenvalue weighted by Crippen LogP contribution is 2.25. The fraction of sp³-hybridized carbons (Fsp3) is 0.160. The van der Waals surface area contributed by atoms with Crippen molar-refractivity contribution in [2.75, 3.05) is 6.61 Å². The number of ether oxygens (including phenoxy) is 1. The maximum atomic E-state index is 6.26. The van der Waals surface area contributed by atoms with E-state index in [-0.39, 0.29) is 0 Å². The summed E-state index contributed by atoms with van der Waals surface area (Å²) in [6.45, 7) is 6.82. The summed E-state index contributed by atoms with van der Waals surface area (Å²) in [5.74, 6) is 1.66. The van der Waals surface area contributed by atoms with E-state index in [9.17, 15) is 0 Å². The van der Waals surface area contributed by atoms with Crippen molar-refractivity contribution in [2.24, 2.45) is 4.99 Å². The molecule has 0 saturated carbocycles. The molecule has 0 saturated heterocycles. The smallest absolute Gasteiger partial charge is 0.137 e. The van der Waals surface area contributed by atoms with Crippen LogP contribution in [0.3, 0.4) is 0 Å². The van der Waals surface area contributed by atoms with Crippen LogP contribution >= 0.6 is 0 Å². The van der Waals surface area contributed by atoms with Crippen molar-refractivity contribution in [1.82, 2.24) is 0 Å². The summed E-state index contributed by atoms with van der Waals surface area (Å²) in [7, 11) is 0. The van der Waals surface area contributed by atoms with Crippen molar-refractivity contribution in [3.8, 4) is 17.1 Å². The lowest BCUT2D eigenvalue weighted by atomic mass is 10.0.